The van der Waals surface area contributed by atoms with Crippen LogP contribution in [0.1, 0.15) is 29.8 Å². The zero-order chi connectivity index (χ0) is 14.7. The van der Waals surface area contributed by atoms with Gasteiger partial charge < -0.3 is 10.2 Å². The van der Waals surface area contributed by atoms with Crippen molar-refractivity contribution in [2.24, 2.45) is 0 Å². The van der Waals surface area contributed by atoms with Crippen LogP contribution in [0.15, 0.2) is 30.6 Å². The number of pyridine rings is 1. The number of aromatic nitrogens is 3. The Morgan fingerprint density at radius 1 is 1.29 bits per heavy atom. The number of nitrogens with zero attached hydrogens (tertiary/aromatic N) is 4. The number of rotatable bonds is 6. The van der Waals surface area contributed by atoms with Crippen molar-refractivity contribution in [3.05, 3.63) is 47.5 Å². The topological polar surface area (TPSA) is 53.9 Å². The maximum atomic E-state index is 4.61. The van der Waals surface area contributed by atoms with Gasteiger partial charge in [0.25, 0.3) is 0 Å². The van der Waals surface area contributed by atoms with Gasteiger partial charge in [-0.3, -0.25) is 4.98 Å². The van der Waals surface area contributed by atoms with Gasteiger partial charge in [0.05, 0.1) is 12.2 Å². The summed E-state index contributed by atoms with van der Waals surface area (Å²) in [6.07, 6.45) is 6.33. The molecule has 2 heterocycles. The number of anilines is 1. The van der Waals surface area contributed by atoms with Gasteiger partial charge in [0.1, 0.15) is 0 Å². The van der Waals surface area contributed by atoms with Crippen molar-refractivity contribution < 1.29 is 0 Å². The maximum Gasteiger partial charge on any atom is 0.225 e. The van der Waals surface area contributed by atoms with E-state index in [0.29, 0.717) is 12.6 Å². The van der Waals surface area contributed by atoms with E-state index < -0.39 is 0 Å². The highest BCUT2D eigenvalue weighted by Gasteiger charge is 2.20. The molecule has 0 amide bonds. The molecule has 5 nitrogen and oxygen atoms in total. The SMILES string of the molecule is Cc1nc(N(C)Cc2ccccn2)ncc1CNC1CC1. The molecule has 5 heteroatoms. The monoisotopic (exact) mass is 283 g/mol. The van der Waals surface area contributed by atoms with Crippen molar-refractivity contribution in [2.45, 2.75) is 38.9 Å². The maximum absolute atomic E-state index is 4.61. The first kappa shape index (κ1) is 13.9. The largest absolute Gasteiger partial charge is 0.338 e. The lowest BCUT2D eigenvalue weighted by molar-refractivity contribution is 0.678. The van der Waals surface area contributed by atoms with Crippen LogP contribution in [0, 0.1) is 6.92 Å². The van der Waals surface area contributed by atoms with E-state index in [9.17, 15) is 0 Å². The summed E-state index contributed by atoms with van der Waals surface area (Å²) in [5, 5.41) is 3.50. The molecule has 2 aromatic rings. The Bertz CT molecular complexity index is 595. The van der Waals surface area contributed by atoms with Crippen LogP contribution in [0.2, 0.25) is 0 Å². The van der Waals surface area contributed by atoms with Crippen LogP contribution in [0.4, 0.5) is 5.95 Å². The molecule has 0 unspecified atom stereocenters. The molecule has 0 saturated heterocycles. The third-order valence-corrected chi connectivity index (χ3v) is 3.69. The quantitative estimate of drug-likeness (QED) is 0.879. The fourth-order valence-electron chi connectivity index (χ4n) is 2.18. The Morgan fingerprint density at radius 3 is 2.81 bits per heavy atom. The molecule has 1 saturated carbocycles. The zero-order valence-corrected chi connectivity index (χ0v) is 12.6. The second-order valence-electron chi connectivity index (χ2n) is 5.61. The number of hydrogen-bond acceptors (Lipinski definition) is 5. The predicted octanol–water partition coefficient (Wildman–Crippen LogP) is 2.07. The highest BCUT2D eigenvalue weighted by Crippen LogP contribution is 2.20. The molecule has 0 atom stereocenters. The Balaban J connectivity index is 1.65. The lowest BCUT2D eigenvalue weighted by atomic mass is 10.2. The second-order valence-corrected chi connectivity index (χ2v) is 5.61. The fraction of sp³-hybridized carbons (Fsp3) is 0.438. The van der Waals surface area contributed by atoms with Gasteiger partial charge in [0, 0.05) is 43.3 Å². The van der Waals surface area contributed by atoms with E-state index >= 15 is 0 Å². The minimum absolute atomic E-state index is 0.705. The summed E-state index contributed by atoms with van der Waals surface area (Å²) in [6.45, 7) is 3.62. The normalized spacial score (nSPS) is 14.2. The molecule has 0 aliphatic heterocycles. The van der Waals surface area contributed by atoms with Gasteiger partial charge in [-0.2, -0.15) is 0 Å². The highest BCUT2D eigenvalue weighted by molar-refractivity contribution is 5.32. The first-order valence-electron chi connectivity index (χ1n) is 7.39. The number of aryl methyl sites for hydroxylation is 1. The predicted molar refractivity (Wildman–Crippen MR) is 83.0 cm³/mol. The standard InChI is InChI=1S/C16H21N5/c1-12-13(9-18-14-6-7-14)10-19-16(20-12)21(2)11-15-5-3-4-8-17-15/h3-5,8,10,14,18H,6-7,9,11H2,1-2H3. The van der Waals surface area contributed by atoms with E-state index in [-0.39, 0.29) is 0 Å². The van der Waals surface area contributed by atoms with E-state index in [1.165, 1.54) is 18.4 Å². The molecule has 0 aromatic carbocycles. The molecule has 21 heavy (non-hydrogen) atoms. The Kier molecular flexibility index (Phi) is 4.10. The summed E-state index contributed by atoms with van der Waals surface area (Å²) < 4.78 is 0. The van der Waals surface area contributed by atoms with Crippen LogP contribution in [0.5, 0.6) is 0 Å². The van der Waals surface area contributed by atoms with E-state index in [1.807, 2.05) is 49.5 Å². The van der Waals surface area contributed by atoms with Crippen LogP contribution >= 0.6 is 0 Å². The summed E-state index contributed by atoms with van der Waals surface area (Å²) in [7, 11) is 1.99. The smallest absolute Gasteiger partial charge is 0.225 e. The fourth-order valence-corrected chi connectivity index (χ4v) is 2.18. The van der Waals surface area contributed by atoms with Crippen LogP contribution in [0.3, 0.4) is 0 Å². The highest BCUT2D eigenvalue weighted by atomic mass is 15.2. The molecule has 2 aromatic heterocycles. The minimum atomic E-state index is 0.705. The summed E-state index contributed by atoms with van der Waals surface area (Å²) in [6, 6.07) is 6.63. The van der Waals surface area contributed by atoms with E-state index in [1.54, 1.807) is 0 Å². The Morgan fingerprint density at radius 2 is 2.14 bits per heavy atom. The van der Waals surface area contributed by atoms with Crippen molar-refractivity contribution in [2.75, 3.05) is 11.9 Å². The average Bonchev–Trinajstić information content (AvgIpc) is 3.31. The second kappa shape index (κ2) is 6.18. The molecule has 0 bridgehead atoms. The number of nitrogens with one attached hydrogen (secondary N) is 1. The number of hydrogen-bond donors (Lipinski definition) is 1. The molecule has 3 rings (SSSR count). The van der Waals surface area contributed by atoms with Crippen molar-refractivity contribution in [1.29, 1.82) is 0 Å². The molecule has 1 aliphatic carbocycles. The molecule has 110 valence electrons. The zero-order valence-electron chi connectivity index (χ0n) is 12.6. The molecular formula is C16H21N5. The van der Waals surface area contributed by atoms with Gasteiger partial charge >= 0.3 is 0 Å². The van der Waals surface area contributed by atoms with Crippen LogP contribution in [-0.2, 0) is 13.1 Å². The molecule has 1 aliphatic rings. The van der Waals surface area contributed by atoms with Crippen LogP contribution in [-0.4, -0.2) is 28.0 Å². The van der Waals surface area contributed by atoms with Gasteiger partial charge in [0.15, 0.2) is 0 Å². The molecule has 1 fully saturated rings. The van der Waals surface area contributed by atoms with Crippen molar-refractivity contribution >= 4 is 5.95 Å². The molecule has 1 N–H and O–H groups in total. The average molecular weight is 283 g/mol. The van der Waals surface area contributed by atoms with E-state index in [4.69, 9.17) is 0 Å². The van der Waals surface area contributed by atoms with Crippen molar-refractivity contribution in [3.63, 3.8) is 0 Å². The van der Waals surface area contributed by atoms with Crippen molar-refractivity contribution in [3.8, 4) is 0 Å². The van der Waals surface area contributed by atoms with Crippen molar-refractivity contribution in [1.82, 2.24) is 20.3 Å². The lowest BCUT2D eigenvalue weighted by Crippen LogP contribution is -2.21. The first-order valence-corrected chi connectivity index (χ1v) is 7.39. The summed E-state index contributed by atoms with van der Waals surface area (Å²) in [4.78, 5) is 15.4. The van der Waals surface area contributed by atoms with Crippen LogP contribution in [0.25, 0.3) is 0 Å². The lowest BCUT2D eigenvalue weighted by Gasteiger charge is -2.17. The molecule has 0 radical (unpaired) electrons. The molecule has 0 spiro atoms. The summed E-state index contributed by atoms with van der Waals surface area (Å²) >= 11 is 0. The first-order chi connectivity index (χ1) is 10.2. The summed E-state index contributed by atoms with van der Waals surface area (Å²) in [5.41, 5.74) is 3.23. The van der Waals surface area contributed by atoms with E-state index in [0.717, 1.165) is 23.9 Å². The summed E-state index contributed by atoms with van der Waals surface area (Å²) in [5.74, 6) is 0.744. The van der Waals surface area contributed by atoms with Gasteiger partial charge in [-0.1, -0.05) is 6.07 Å². The third-order valence-electron chi connectivity index (χ3n) is 3.69. The van der Waals surface area contributed by atoms with Gasteiger partial charge in [0.2, 0.25) is 5.95 Å². The minimum Gasteiger partial charge on any atom is -0.338 e. The molecular weight excluding hydrogens is 262 g/mol. The Hall–Kier alpha value is -2.01. The van der Waals surface area contributed by atoms with Gasteiger partial charge in [-0.05, 0) is 31.9 Å². The third kappa shape index (κ3) is 3.76. The van der Waals surface area contributed by atoms with Gasteiger partial charge in [-0.25, -0.2) is 9.97 Å². The van der Waals surface area contributed by atoms with Crippen LogP contribution < -0.4 is 10.2 Å². The van der Waals surface area contributed by atoms with E-state index in [2.05, 4.69) is 20.3 Å². The van der Waals surface area contributed by atoms with Gasteiger partial charge in [-0.15, -0.1) is 0 Å². The Labute approximate surface area is 125 Å².